The number of piperazine rings is 1. The molecule has 130 valence electrons. The third-order valence-electron chi connectivity index (χ3n) is 4.57. The first-order valence-electron chi connectivity index (χ1n) is 8.34. The van der Waals surface area contributed by atoms with Gasteiger partial charge in [0.05, 0.1) is 12.6 Å². The Morgan fingerprint density at radius 3 is 2.92 bits per heavy atom. The van der Waals surface area contributed by atoms with Crippen molar-refractivity contribution in [3.63, 3.8) is 0 Å². The summed E-state index contributed by atoms with van der Waals surface area (Å²) in [6.07, 6.45) is 3.78. The summed E-state index contributed by atoms with van der Waals surface area (Å²) in [6, 6.07) is 8.38. The number of imidazole rings is 1. The van der Waals surface area contributed by atoms with Crippen LogP contribution in [0.2, 0.25) is 0 Å². The highest BCUT2D eigenvalue weighted by atomic mass is 19.1. The number of nitrogens with zero attached hydrogens (tertiary/aromatic N) is 4. The Bertz CT molecular complexity index is 841. The second-order valence-corrected chi connectivity index (χ2v) is 6.27. The standard InChI is InChI=1S/C18H20FN5O/c1-23-8-7-21-18(23)17-11-20-6-9-24(17)12-15-10-16(22-25-15)13-2-4-14(19)5-3-13/h2-5,7-8,10,17,20H,6,9,11-12H2,1H3. The highest BCUT2D eigenvalue weighted by Crippen LogP contribution is 2.25. The number of aryl methyl sites for hydroxylation is 1. The molecule has 6 nitrogen and oxygen atoms in total. The molecule has 1 atom stereocenters. The monoisotopic (exact) mass is 341 g/mol. The lowest BCUT2D eigenvalue weighted by atomic mass is 10.1. The second kappa shape index (κ2) is 6.78. The van der Waals surface area contributed by atoms with E-state index in [0.29, 0.717) is 6.54 Å². The predicted molar refractivity (Wildman–Crippen MR) is 91.1 cm³/mol. The number of rotatable bonds is 4. The van der Waals surface area contributed by atoms with Crippen molar-refractivity contribution in [3.8, 4) is 11.3 Å². The minimum atomic E-state index is -0.258. The quantitative estimate of drug-likeness (QED) is 0.789. The zero-order valence-corrected chi connectivity index (χ0v) is 14.0. The molecule has 1 N–H and O–H groups in total. The molecule has 7 heteroatoms. The summed E-state index contributed by atoms with van der Waals surface area (Å²) >= 11 is 0. The number of hydrogen-bond acceptors (Lipinski definition) is 5. The lowest BCUT2D eigenvalue weighted by Gasteiger charge is -2.34. The average molecular weight is 341 g/mol. The molecule has 0 radical (unpaired) electrons. The van der Waals surface area contributed by atoms with E-state index in [-0.39, 0.29) is 11.9 Å². The van der Waals surface area contributed by atoms with Crippen LogP contribution in [0.4, 0.5) is 4.39 Å². The average Bonchev–Trinajstić information content (AvgIpc) is 3.25. The molecule has 1 fully saturated rings. The number of hydrogen-bond donors (Lipinski definition) is 1. The Balaban J connectivity index is 1.52. The van der Waals surface area contributed by atoms with Crippen LogP contribution in [0.15, 0.2) is 47.2 Å². The maximum absolute atomic E-state index is 13.1. The molecule has 0 saturated carbocycles. The SMILES string of the molecule is Cn1ccnc1C1CNCCN1Cc1cc(-c2ccc(F)cc2)no1. The van der Waals surface area contributed by atoms with Gasteiger partial charge in [-0.05, 0) is 24.3 Å². The van der Waals surface area contributed by atoms with Crippen molar-refractivity contribution in [1.29, 1.82) is 0 Å². The molecule has 25 heavy (non-hydrogen) atoms. The fourth-order valence-electron chi connectivity index (χ4n) is 3.23. The van der Waals surface area contributed by atoms with Crippen LogP contribution in [-0.2, 0) is 13.6 Å². The Labute approximate surface area is 145 Å². The van der Waals surface area contributed by atoms with Crippen LogP contribution in [-0.4, -0.2) is 39.2 Å². The summed E-state index contributed by atoms with van der Waals surface area (Å²) in [7, 11) is 2.01. The topological polar surface area (TPSA) is 59.1 Å². The molecular weight excluding hydrogens is 321 g/mol. The van der Waals surface area contributed by atoms with Crippen molar-refractivity contribution in [2.24, 2.45) is 7.05 Å². The maximum Gasteiger partial charge on any atom is 0.151 e. The summed E-state index contributed by atoms with van der Waals surface area (Å²) in [5.74, 6) is 1.57. The molecule has 2 aromatic heterocycles. The zero-order valence-electron chi connectivity index (χ0n) is 14.0. The third-order valence-corrected chi connectivity index (χ3v) is 4.57. The molecular formula is C18H20FN5O. The molecule has 4 rings (SSSR count). The van der Waals surface area contributed by atoms with E-state index in [9.17, 15) is 4.39 Å². The first-order chi connectivity index (χ1) is 12.2. The minimum Gasteiger partial charge on any atom is -0.359 e. The van der Waals surface area contributed by atoms with Gasteiger partial charge >= 0.3 is 0 Å². The first kappa shape index (κ1) is 16.0. The van der Waals surface area contributed by atoms with Crippen LogP contribution in [0.1, 0.15) is 17.6 Å². The number of benzene rings is 1. The number of aromatic nitrogens is 3. The van der Waals surface area contributed by atoms with E-state index in [1.807, 2.05) is 25.5 Å². The van der Waals surface area contributed by atoms with Crippen molar-refractivity contribution in [2.75, 3.05) is 19.6 Å². The van der Waals surface area contributed by atoms with E-state index in [2.05, 4.69) is 24.9 Å². The van der Waals surface area contributed by atoms with Gasteiger partial charge in [-0.25, -0.2) is 9.37 Å². The normalized spacial score (nSPS) is 18.6. The molecule has 3 heterocycles. The maximum atomic E-state index is 13.1. The highest BCUT2D eigenvalue weighted by molar-refractivity contribution is 5.58. The predicted octanol–water partition coefficient (Wildman–Crippen LogP) is 2.36. The molecule has 0 aliphatic carbocycles. The van der Waals surface area contributed by atoms with Crippen LogP contribution >= 0.6 is 0 Å². The van der Waals surface area contributed by atoms with Gasteiger partial charge in [-0.3, -0.25) is 4.90 Å². The molecule has 0 spiro atoms. The third kappa shape index (κ3) is 3.33. The fraction of sp³-hybridized carbons (Fsp3) is 0.333. The Kier molecular flexibility index (Phi) is 4.33. The number of halogens is 1. The lowest BCUT2D eigenvalue weighted by Crippen LogP contribution is -2.46. The van der Waals surface area contributed by atoms with Crippen LogP contribution < -0.4 is 5.32 Å². The van der Waals surface area contributed by atoms with Gasteiger partial charge in [0.2, 0.25) is 0 Å². The van der Waals surface area contributed by atoms with Gasteiger partial charge in [0.15, 0.2) is 5.76 Å². The Morgan fingerprint density at radius 2 is 2.16 bits per heavy atom. The van der Waals surface area contributed by atoms with Gasteiger partial charge in [-0.2, -0.15) is 0 Å². The smallest absolute Gasteiger partial charge is 0.151 e. The van der Waals surface area contributed by atoms with Crippen molar-refractivity contribution in [2.45, 2.75) is 12.6 Å². The van der Waals surface area contributed by atoms with Crippen LogP contribution in [0.3, 0.4) is 0 Å². The van der Waals surface area contributed by atoms with Crippen molar-refractivity contribution in [3.05, 3.63) is 60.1 Å². The second-order valence-electron chi connectivity index (χ2n) is 6.27. The van der Waals surface area contributed by atoms with Crippen LogP contribution in [0.25, 0.3) is 11.3 Å². The Morgan fingerprint density at radius 1 is 1.32 bits per heavy atom. The fourth-order valence-corrected chi connectivity index (χ4v) is 3.23. The summed E-state index contributed by atoms with van der Waals surface area (Å²) in [6.45, 7) is 3.35. The Hall–Kier alpha value is -2.51. The molecule has 1 saturated heterocycles. The molecule has 0 amide bonds. The van der Waals surface area contributed by atoms with Gasteiger partial charge in [0.1, 0.15) is 17.3 Å². The zero-order chi connectivity index (χ0) is 17.2. The lowest BCUT2D eigenvalue weighted by molar-refractivity contribution is 0.130. The number of nitrogens with one attached hydrogen (secondary N) is 1. The van der Waals surface area contributed by atoms with Gasteiger partial charge in [0, 0.05) is 50.7 Å². The van der Waals surface area contributed by atoms with Crippen LogP contribution in [0.5, 0.6) is 0 Å². The van der Waals surface area contributed by atoms with Crippen LogP contribution in [0, 0.1) is 5.82 Å². The summed E-state index contributed by atoms with van der Waals surface area (Å²) in [5.41, 5.74) is 1.57. The van der Waals surface area contributed by atoms with Gasteiger partial charge in [-0.1, -0.05) is 5.16 Å². The molecule has 1 aliphatic heterocycles. The summed E-state index contributed by atoms with van der Waals surface area (Å²) in [5, 5.41) is 7.55. The van der Waals surface area contributed by atoms with E-state index >= 15 is 0 Å². The highest BCUT2D eigenvalue weighted by Gasteiger charge is 2.27. The van der Waals surface area contributed by atoms with Gasteiger partial charge in [0.25, 0.3) is 0 Å². The molecule has 1 unspecified atom stereocenters. The van der Waals surface area contributed by atoms with Crippen molar-refractivity contribution >= 4 is 0 Å². The van der Waals surface area contributed by atoms with E-state index in [0.717, 1.165) is 42.5 Å². The largest absolute Gasteiger partial charge is 0.359 e. The van der Waals surface area contributed by atoms with Crippen molar-refractivity contribution in [1.82, 2.24) is 24.9 Å². The molecule has 1 aromatic carbocycles. The van der Waals surface area contributed by atoms with E-state index in [4.69, 9.17) is 4.52 Å². The van der Waals surface area contributed by atoms with Gasteiger partial charge < -0.3 is 14.4 Å². The van der Waals surface area contributed by atoms with E-state index < -0.39 is 0 Å². The minimum absolute atomic E-state index is 0.188. The van der Waals surface area contributed by atoms with Gasteiger partial charge in [-0.15, -0.1) is 0 Å². The first-order valence-corrected chi connectivity index (χ1v) is 8.34. The summed E-state index contributed by atoms with van der Waals surface area (Å²) < 4.78 is 20.6. The van der Waals surface area contributed by atoms with Crippen molar-refractivity contribution < 1.29 is 8.91 Å². The summed E-state index contributed by atoms with van der Waals surface area (Å²) in [4.78, 5) is 6.83. The van der Waals surface area contributed by atoms with E-state index in [1.165, 1.54) is 12.1 Å². The van der Waals surface area contributed by atoms with E-state index in [1.54, 1.807) is 12.1 Å². The molecule has 1 aliphatic rings. The molecule has 3 aromatic rings. The molecule has 0 bridgehead atoms.